The first-order valence-corrected chi connectivity index (χ1v) is 9.91. The Morgan fingerprint density at radius 2 is 1.54 bits per heavy atom. The van der Waals surface area contributed by atoms with Gasteiger partial charge in [0.05, 0.1) is 4.90 Å². The first kappa shape index (κ1) is 20.6. The van der Waals surface area contributed by atoms with Crippen molar-refractivity contribution in [1.29, 1.82) is 0 Å². The molecule has 1 aliphatic rings. The van der Waals surface area contributed by atoms with Crippen LogP contribution in [0.1, 0.15) is 5.56 Å². The fourth-order valence-electron chi connectivity index (χ4n) is 2.96. The predicted molar refractivity (Wildman–Crippen MR) is 93.6 cm³/mol. The predicted octanol–water partition coefficient (Wildman–Crippen LogP) is 3.23. The topological polar surface area (TPSA) is 49.9 Å². The van der Waals surface area contributed by atoms with Crippen molar-refractivity contribution in [2.75, 3.05) is 26.2 Å². The third-order valence-corrected chi connectivity index (χ3v) is 6.29. The van der Waals surface area contributed by atoms with Crippen molar-refractivity contribution in [1.82, 2.24) is 9.21 Å². The lowest BCUT2D eigenvalue weighted by Crippen LogP contribution is -2.48. The number of hydrogen-bond acceptors (Lipinski definition) is 4. The van der Waals surface area contributed by atoms with Crippen LogP contribution in [-0.4, -0.2) is 50.2 Å². The van der Waals surface area contributed by atoms with Crippen LogP contribution in [-0.2, 0) is 16.6 Å². The molecule has 0 saturated carbocycles. The van der Waals surface area contributed by atoms with Gasteiger partial charge >= 0.3 is 6.36 Å². The van der Waals surface area contributed by atoms with Gasteiger partial charge in [-0.05, 0) is 30.3 Å². The number of halogens is 4. The van der Waals surface area contributed by atoms with Crippen molar-refractivity contribution in [3.05, 3.63) is 59.9 Å². The fraction of sp³-hybridized carbons (Fsp3) is 0.333. The fourth-order valence-corrected chi connectivity index (χ4v) is 4.38. The third-order valence-electron chi connectivity index (χ3n) is 4.38. The summed E-state index contributed by atoms with van der Waals surface area (Å²) in [5.74, 6) is -0.792. The van der Waals surface area contributed by atoms with E-state index in [2.05, 4.69) is 4.74 Å². The highest BCUT2D eigenvalue weighted by Gasteiger charge is 2.32. The molecule has 3 rings (SSSR count). The number of sulfonamides is 1. The Morgan fingerprint density at radius 1 is 0.929 bits per heavy atom. The van der Waals surface area contributed by atoms with Crippen LogP contribution in [0.4, 0.5) is 17.6 Å². The summed E-state index contributed by atoms with van der Waals surface area (Å²) in [5.41, 5.74) is 0.541. The van der Waals surface area contributed by atoms with E-state index >= 15 is 0 Å². The van der Waals surface area contributed by atoms with Gasteiger partial charge in [-0.3, -0.25) is 4.90 Å². The molecular formula is C18H18F4N2O3S. The second-order valence-corrected chi connectivity index (χ2v) is 8.23. The molecule has 0 radical (unpaired) electrons. The highest BCUT2D eigenvalue weighted by atomic mass is 32.2. The van der Waals surface area contributed by atoms with E-state index in [9.17, 15) is 26.0 Å². The second-order valence-electron chi connectivity index (χ2n) is 6.29. The van der Waals surface area contributed by atoms with Crippen LogP contribution in [0.25, 0.3) is 0 Å². The smallest absolute Gasteiger partial charge is 0.406 e. The van der Waals surface area contributed by atoms with E-state index in [0.29, 0.717) is 25.2 Å². The average molecular weight is 418 g/mol. The molecule has 0 aromatic heterocycles. The van der Waals surface area contributed by atoms with Gasteiger partial charge in [-0.2, -0.15) is 4.31 Å². The van der Waals surface area contributed by atoms with Gasteiger partial charge < -0.3 is 4.74 Å². The van der Waals surface area contributed by atoms with Crippen molar-refractivity contribution in [2.24, 2.45) is 0 Å². The SMILES string of the molecule is O=S(=O)(c1ccc(OC(F)(F)F)cc1)N1CCN(Cc2ccccc2F)CC1. The summed E-state index contributed by atoms with van der Waals surface area (Å²) < 4.78 is 80.8. The molecule has 0 atom stereocenters. The van der Waals surface area contributed by atoms with E-state index < -0.39 is 22.1 Å². The Balaban J connectivity index is 1.62. The van der Waals surface area contributed by atoms with E-state index in [-0.39, 0.29) is 23.8 Å². The summed E-state index contributed by atoms with van der Waals surface area (Å²) in [4.78, 5) is 1.84. The van der Waals surface area contributed by atoms with Crippen molar-refractivity contribution < 1.29 is 30.7 Å². The molecule has 10 heteroatoms. The maximum atomic E-state index is 13.8. The average Bonchev–Trinajstić information content (AvgIpc) is 2.63. The normalized spacial score (nSPS) is 16.9. The highest BCUT2D eigenvalue weighted by molar-refractivity contribution is 7.89. The van der Waals surface area contributed by atoms with Crippen LogP contribution < -0.4 is 4.74 Å². The Morgan fingerprint density at radius 3 is 2.11 bits per heavy atom. The molecule has 0 unspecified atom stereocenters. The van der Waals surface area contributed by atoms with Crippen LogP contribution in [0, 0.1) is 5.82 Å². The molecular weight excluding hydrogens is 400 g/mol. The van der Waals surface area contributed by atoms with Crippen molar-refractivity contribution >= 4 is 10.0 Å². The molecule has 1 heterocycles. The summed E-state index contributed by atoms with van der Waals surface area (Å²) >= 11 is 0. The molecule has 0 aliphatic carbocycles. The Hall–Kier alpha value is -2.17. The van der Waals surface area contributed by atoms with Gasteiger partial charge in [0.15, 0.2) is 0 Å². The van der Waals surface area contributed by atoms with Crippen LogP contribution in [0.5, 0.6) is 5.75 Å². The molecule has 0 spiro atoms. The number of piperazine rings is 1. The zero-order valence-electron chi connectivity index (χ0n) is 14.7. The molecule has 2 aromatic carbocycles. The molecule has 0 bridgehead atoms. The van der Waals surface area contributed by atoms with Gasteiger partial charge in [0, 0.05) is 38.3 Å². The Kier molecular flexibility index (Phi) is 5.92. The summed E-state index contributed by atoms with van der Waals surface area (Å²) in [5, 5.41) is 0. The van der Waals surface area contributed by atoms with E-state index in [1.807, 2.05) is 4.90 Å². The van der Waals surface area contributed by atoms with Crippen molar-refractivity contribution in [3.63, 3.8) is 0 Å². The molecule has 1 saturated heterocycles. The number of rotatable bonds is 5. The highest BCUT2D eigenvalue weighted by Crippen LogP contribution is 2.25. The van der Waals surface area contributed by atoms with Crippen molar-refractivity contribution in [2.45, 2.75) is 17.8 Å². The number of nitrogens with zero attached hydrogens (tertiary/aromatic N) is 2. The number of alkyl halides is 3. The first-order valence-electron chi connectivity index (χ1n) is 8.47. The lowest BCUT2D eigenvalue weighted by atomic mass is 10.2. The van der Waals surface area contributed by atoms with Crippen LogP contribution >= 0.6 is 0 Å². The van der Waals surface area contributed by atoms with E-state index in [1.54, 1.807) is 18.2 Å². The summed E-state index contributed by atoms with van der Waals surface area (Å²) in [7, 11) is -3.83. The largest absolute Gasteiger partial charge is 0.573 e. The Labute approximate surface area is 160 Å². The maximum absolute atomic E-state index is 13.8. The molecule has 5 nitrogen and oxygen atoms in total. The Bertz CT molecular complexity index is 909. The van der Waals surface area contributed by atoms with Gasteiger partial charge in [-0.1, -0.05) is 18.2 Å². The molecule has 152 valence electrons. The van der Waals surface area contributed by atoms with E-state index in [0.717, 1.165) is 24.3 Å². The van der Waals surface area contributed by atoms with Crippen LogP contribution in [0.2, 0.25) is 0 Å². The first-order chi connectivity index (χ1) is 13.1. The van der Waals surface area contributed by atoms with E-state index in [4.69, 9.17) is 0 Å². The summed E-state index contributed by atoms with van der Waals surface area (Å²) in [6.07, 6.45) is -4.84. The lowest BCUT2D eigenvalue weighted by Gasteiger charge is -2.34. The summed E-state index contributed by atoms with van der Waals surface area (Å²) in [6, 6.07) is 10.5. The molecule has 28 heavy (non-hydrogen) atoms. The molecule has 1 aliphatic heterocycles. The lowest BCUT2D eigenvalue weighted by molar-refractivity contribution is -0.274. The molecule has 1 fully saturated rings. The second kappa shape index (κ2) is 8.06. The van der Waals surface area contributed by atoms with Gasteiger partial charge in [0.2, 0.25) is 10.0 Å². The van der Waals surface area contributed by atoms with Gasteiger partial charge in [-0.15, -0.1) is 13.2 Å². The number of benzene rings is 2. The zero-order chi connectivity index (χ0) is 20.4. The monoisotopic (exact) mass is 418 g/mol. The minimum Gasteiger partial charge on any atom is -0.406 e. The van der Waals surface area contributed by atoms with Crippen LogP contribution in [0.15, 0.2) is 53.4 Å². The third kappa shape index (κ3) is 5.00. The van der Waals surface area contributed by atoms with Crippen LogP contribution in [0.3, 0.4) is 0 Å². The molecule has 0 amide bonds. The van der Waals surface area contributed by atoms with Crippen molar-refractivity contribution in [3.8, 4) is 5.75 Å². The molecule has 0 N–H and O–H groups in total. The van der Waals surface area contributed by atoms with E-state index in [1.165, 1.54) is 10.4 Å². The maximum Gasteiger partial charge on any atom is 0.573 e. The molecule has 2 aromatic rings. The quantitative estimate of drug-likeness (QED) is 0.700. The number of hydrogen-bond donors (Lipinski definition) is 0. The minimum atomic E-state index is -4.84. The van der Waals surface area contributed by atoms with Gasteiger partial charge in [0.25, 0.3) is 0 Å². The minimum absolute atomic E-state index is 0.107. The zero-order valence-corrected chi connectivity index (χ0v) is 15.5. The van der Waals surface area contributed by atoms with Gasteiger partial charge in [0.1, 0.15) is 11.6 Å². The summed E-state index contributed by atoms with van der Waals surface area (Å²) in [6.45, 7) is 1.63. The standard InChI is InChI=1S/C18H18F4N2O3S/c19-17-4-2-1-3-14(17)13-23-9-11-24(12-10-23)28(25,26)16-7-5-15(6-8-16)27-18(20,21)22/h1-8H,9-13H2. The number of ether oxygens (including phenoxy) is 1. The van der Waals surface area contributed by atoms with Gasteiger partial charge in [-0.25, -0.2) is 12.8 Å².